The van der Waals surface area contributed by atoms with Crippen molar-refractivity contribution in [1.82, 2.24) is 0 Å². The monoisotopic (exact) mass is 294 g/mol. The van der Waals surface area contributed by atoms with E-state index in [0.717, 1.165) is 0 Å². The van der Waals surface area contributed by atoms with Crippen LogP contribution in [0, 0.1) is 16.7 Å². The lowest BCUT2D eigenvalue weighted by molar-refractivity contribution is -0.270. The lowest BCUT2D eigenvalue weighted by Crippen LogP contribution is -2.76. The molecular formula is C15H18O6. The fraction of sp³-hybridized carbons (Fsp3) is 0.733. The van der Waals surface area contributed by atoms with Crippen LogP contribution in [-0.4, -0.2) is 46.6 Å². The van der Waals surface area contributed by atoms with Crippen molar-refractivity contribution in [3.8, 4) is 0 Å². The van der Waals surface area contributed by atoms with E-state index in [1.54, 1.807) is 0 Å². The van der Waals surface area contributed by atoms with Crippen LogP contribution < -0.4 is 0 Å². The molecule has 0 amide bonds. The van der Waals surface area contributed by atoms with Gasteiger partial charge in [0.15, 0.2) is 11.5 Å². The molecule has 2 spiro atoms. The Morgan fingerprint density at radius 3 is 2.67 bits per heavy atom. The molecule has 6 atom stereocenters. The van der Waals surface area contributed by atoms with E-state index in [-0.39, 0.29) is 12.5 Å². The number of aliphatic hydroxyl groups excluding tert-OH is 1. The van der Waals surface area contributed by atoms with Crippen LogP contribution >= 0.6 is 0 Å². The fourth-order valence-electron chi connectivity index (χ4n) is 4.81. The highest BCUT2D eigenvalue weighted by Gasteiger charge is 2.78. The highest BCUT2D eigenvalue weighted by atomic mass is 16.6. The molecule has 6 heteroatoms. The number of ether oxygens (including phenoxy) is 2. The van der Waals surface area contributed by atoms with E-state index in [2.05, 4.69) is 0 Å². The Labute approximate surface area is 121 Å². The number of cyclic esters (lactones) is 1. The standard InChI is InChI=1S/C15H18O6/c1-7-3-4-8-14(7)5-9(21-11(17)10(14)16)13(2,19)15(8)6-20-12(15)18/h4,7,9-10,16,19H,3,5-6H2,1-2H3/t7-,9-,10+,13+,14-,15+/m1/s1. The Hall–Kier alpha value is -1.40. The molecular weight excluding hydrogens is 276 g/mol. The summed E-state index contributed by atoms with van der Waals surface area (Å²) in [6, 6.07) is 0. The number of carbonyl (C=O) groups excluding carboxylic acids is 2. The first-order valence-corrected chi connectivity index (χ1v) is 7.28. The third-order valence-corrected chi connectivity index (χ3v) is 6.27. The summed E-state index contributed by atoms with van der Waals surface area (Å²) in [4.78, 5) is 24.3. The van der Waals surface area contributed by atoms with Crippen molar-refractivity contribution in [2.24, 2.45) is 16.7 Å². The molecule has 2 N–H and O–H groups in total. The van der Waals surface area contributed by atoms with Crippen LogP contribution in [0.25, 0.3) is 0 Å². The average molecular weight is 294 g/mol. The molecule has 6 nitrogen and oxygen atoms in total. The van der Waals surface area contributed by atoms with E-state index in [9.17, 15) is 19.8 Å². The zero-order valence-electron chi connectivity index (χ0n) is 12.0. The first kappa shape index (κ1) is 13.3. The maximum absolute atomic E-state index is 12.2. The molecule has 3 fully saturated rings. The van der Waals surface area contributed by atoms with Crippen LogP contribution in [0.4, 0.5) is 0 Å². The first-order chi connectivity index (χ1) is 9.78. The minimum absolute atomic E-state index is 0.0132. The predicted molar refractivity (Wildman–Crippen MR) is 68.8 cm³/mol. The van der Waals surface area contributed by atoms with Gasteiger partial charge >= 0.3 is 11.9 Å². The van der Waals surface area contributed by atoms with Crippen LogP contribution in [-0.2, 0) is 19.1 Å². The summed E-state index contributed by atoms with van der Waals surface area (Å²) in [5.41, 5.74) is -2.86. The predicted octanol–water partition coefficient (Wildman–Crippen LogP) is -0.0768. The van der Waals surface area contributed by atoms with Crippen LogP contribution in [0.5, 0.6) is 0 Å². The average Bonchev–Trinajstić information content (AvgIpc) is 2.73. The van der Waals surface area contributed by atoms with Gasteiger partial charge in [-0.1, -0.05) is 13.0 Å². The Balaban J connectivity index is 1.97. The summed E-state index contributed by atoms with van der Waals surface area (Å²) < 4.78 is 10.2. The van der Waals surface area contributed by atoms with Crippen LogP contribution in [0.15, 0.2) is 11.6 Å². The number of esters is 2. The lowest BCUT2D eigenvalue weighted by Gasteiger charge is -2.63. The van der Waals surface area contributed by atoms with Gasteiger partial charge in [-0.3, -0.25) is 4.79 Å². The summed E-state index contributed by atoms with van der Waals surface area (Å²) in [5.74, 6) is -1.19. The maximum Gasteiger partial charge on any atom is 0.336 e. The molecule has 0 unspecified atom stereocenters. The summed E-state index contributed by atoms with van der Waals surface area (Å²) in [6.45, 7) is 3.55. The number of hydrogen-bond acceptors (Lipinski definition) is 6. The van der Waals surface area contributed by atoms with Crippen molar-refractivity contribution in [2.45, 2.75) is 44.5 Å². The van der Waals surface area contributed by atoms with Crippen molar-refractivity contribution in [3.63, 3.8) is 0 Å². The largest absolute Gasteiger partial charge is 0.463 e. The summed E-state index contributed by atoms with van der Waals surface area (Å²) >= 11 is 0. The van der Waals surface area contributed by atoms with Crippen molar-refractivity contribution >= 4 is 11.9 Å². The lowest BCUT2D eigenvalue weighted by atomic mass is 9.47. The third kappa shape index (κ3) is 1.12. The number of aliphatic hydroxyl groups is 2. The van der Waals surface area contributed by atoms with Gasteiger partial charge in [0, 0.05) is 11.8 Å². The molecule has 0 radical (unpaired) electrons. The van der Waals surface area contributed by atoms with Crippen LogP contribution in [0.1, 0.15) is 26.7 Å². The molecule has 21 heavy (non-hydrogen) atoms. The smallest absolute Gasteiger partial charge is 0.336 e. The molecule has 1 saturated carbocycles. The molecule has 2 saturated heterocycles. The molecule has 0 aromatic heterocycles. The molecule has 2 aliphatic heterocycles. The van der Waals surface area contributed by atoms with Gasteiger partial charge in [-0.05, 0) is 24.8 Å². The van der Waals surface area contributed by atoms with E-state index >= 15 is 0 Å². The maximum atomic E-state index is 12.2. The third-order valence-electron chi connectivity index (χ3n) is 6.27. The Bertz CT molecular complexity index is 593. The normalized spacial score (nSPS) is 54.5. The fourth-order valence-corrected chi connectivity index (χ4v) is 4.81. The SMILES string of the molecule is C[C@@H]1CC=C2[C@@]13C[C@@H](OC(=O)[C@@H]3O)[C@](C)(O)[C@@]21COC1=O. The van der Waals surface area contributed by atoms with Crippen molar-refractivity contribution < 1.29 is 29.3 Å². The highest BCUT2D eigenvalue weighted by molar-refractivity contribution is 5.90. The number of fused-ring (bicyclic) bond motifs is 2. The second-order valence-corrected chi connectivity index (χ2v) is 6.96. The number of carbonyl (C=O) groups is 2. The minimum atomic E-state index is -1.52. The summed E-state index contributed by atoms with van der Waals surface area (Å²) in [7, 11) is 0. The molecule has 2 heterocycles. The first-order valence-electron chi connectivity index (χ1n) is 7.28. The molecule has 0 aromatic carbocycles. The van der Waals surface area contributed by atoms with Gasteiger partial charge in [0.2, 0.25) is 0 Å². The van der Waals surface area contributed by atoms with Crippen molar-refractivity contribution in [2.75, 3.05) is 6.61 Å². The van der Waals surface area contributed by atoms with Crippen LogP contribution in [0.3, 0.4) is 0 Å². The Morgan fingerprint density at radius 2 is 2.10 bits per heavy atom. The molecule has 2 aliphatic carbocycles. The van der Waals surface area contributed by atoms with Gasteiger partial charge in [-0.25, -0.2) is 4.79 Å². The zero-order chi connectivity index (χ0) is 15.2. The topological polar surface area (TPSA) is 93.1 Å². The van der Waals surface area contributed by atoms with E-state index < -0.39 is 40.6 Å². The zero-order valence-corrected chi connectivity index (χ0v) is 12.0. The van der Waals surface area contributed by atoms with Crippen LogP contribution in [0.2, 0.25) is 0 Å². The van der Waals surface area contributed by atoms with E-state index in [4.69, 9.17) is 9.47 Å². The van der Waals surface area contributed by atoms with Crippen molar-refractivity contribution in [3.05, 3.63) is 11.6 Å². The number of allylic oxidation sites excluding steroid dienone is 1. The molecule has 2 bridgehead atoms. The minimum Gasteiger partial charge on any atom is -0.463 e. The van der Waals surface area contributed by atoms with Gasteiger partial charge in [-0.2, -0.15) is 0 Å². The molecule has 114 valence electrons. The summed E-state index contributed by atoms with van der Waals surface area (Å²) in [5, 5.41) is 21.4. The second kappa shape index (κ2) is 3.50. The number of hydrogen-bond donors (Lipinski definition) is 2. The molecule has 4 rings (SSSR count). The molecule has 4 aliphatic rings. The number of rotatable bonds is 0. The Morgan fingerprint density at radius 1 is 1.38 bits per heavy atom. The van der Waals surface area contributed by atoms with Gasteiger partial charge in [0.25, 0.3) is 0 Å². The second-order valence-electron chi connectivity index (χ2n) is 6.96. The highest BCUT2D eigenvalue weighted by Crippen LogP contribution is 2.67. The van der Waals surface area contributed by atoms with Gasteiger partial charge in [-0.15, -0.1) is 0 Å². The van der Waals surface area contributed by atoms with Gasteiger partial charge < -0.3 is 19.7 Å². The Kier molecular flexibility index (Phi) is 2.21. The summed E-state index contributed by atoms with van der Waals surface area (Å²) in [6.07, 6.45) is 0.808. The molecule has 0 aromatic rings. The van der Waals surface area contributed by atoms with Gasteiger partial charge in [0.1, 0.15) is 18.3 Å². The van der Waals surface area contributed by atoms with E-state index in [0.29, 0.717) is 18.4 Å². The van der Waals surface area contributed by atoms with E-state index in [1.165, 1.54) is 6.92 Å². The van der Waals surface area contributed by atoms with Gasteiger partial charge in [0.05, 0.1) is 0 Å². The quantitative estimate of drug-likeness (QED) is 0.479. The van der Waals surface area contributed by atoms with Crippen molar-refractivity contribution in [1.29, 1.82) is 0 Å². The van der Waals surface area contributed by atoms with E-state index in [1.807, 2.05) is 13.0 Å².